The number of amides is 1. The van der Waals surface area contributed by atoms with Crippen LogP contribution in [-0.2, 0) is 6.54 Å². The number of rotatable bonds is 6. The Balaban J connectivity index is 1.70. The summed E-state index contributed by atoms with van der Waals surface area (Å²) >= 11 is 6.11. The molecule has 1 heterocycles. The third-order valence-corrected chi connectivity index (χ3v) is 4.03. The van der Waals surface area contributed by atoms with E-state index < -0.39 is 17.5 Å². The lowest BCUT2D eigenvalue weighted by Crippen LogP contribution is -2.24. The second-order valence-corrected chi connectivity index (χ2v) is 6.10. The Morgan fingerprint density at radius 1 is 1.42 bits per heavy atom. The smallest absolute Gasteiger partial charge is 0.258 e. The first-order chi connectivity index (χ1) is 11.5. The zero-order valence-electron chi connectivity index (χ0n) is 12.8. The van der Waals surface area contributed by atoms with E-state index in [1.54, 1.807) is 0 Å². The maximum absolute atomic E-state index is 13.3. The van der Waals surface area contributed by atoms with Gasteiger partial charge in [-0.3, -0.25) is 4.79 Å². The molecule has 0 saturated heterocycles. The number of carbonyl (C=O) groups is 1. The number of halogens is 2. The van der Waals surface area contributed by atoms with Crippen LogP contribution in [0.4, 0.5) is 4.39 Å². The molecule has 126 valence electrons. The van der Waals surface area contributed by atoms with Gasteiger partial charge in [-0.25, -0.2) is 9.37 Å². The lowest BCUT2D eigenvalue weighted by Gasteiger charge is -2.12. The standard InChI is InChI=1S/C17H16ClFN2O3/c18-12-5-6-20-17(24-9-10-1-2-10)15(12)16(23)21-8-11-3-4-14(22)13(19)7-11/h3-7,10,22H,1-2,8-9H2,(H,21,23). The van der Waals surface area contributed by atoms with Gasteiger partial charge in [0.2, 0.25) is 5.88 Å². The van der Waals surface area contributed by atoms with Crippen LogP contribution in [0, 0.1) is 11.7 Å². The Hall–Kier alpha value is -2.34. The summed E-state index contributed by atoms with van der Waals surface area (Å²) in [5, 5.41) is 12.1. The number of phenols is 1. The van der Waals surface area contributed by atoms with Gasteiger partial charge in [-0.1, -0.05) is 17.7 Å². The van der Waals surface area contributed by atoms with Gasteiger partial charge in [0.05, 0.1) is 11.6 Å². The normalized spacial score (nSPS) is 13.6. The predicted molar refractivity (Wildman–Crippen MR) is 86.7 cm³/mol. The Morgan fingerprint density at radius 3 is 2.92 bits per heavy atom. The lowest BCUT2D eigenvalue weighted by atomic mass is 10.2. The minimum absolute atomic E-state index is 0.0866. The van der Waals surface area contributed by atoms with Crippen molar-refractivity contribution >= 4 is 17.5 Å². The van der Waals surface area contributed by atoms with Crippen molar-refractivity contribution in [1.29, 1.82) is 0 Å². The number of benzene rings is 1. The molecule has 1 saturated carbocycles. The molecule has 7 heteroatoms. The van der Waals surface area contributed by atoms with Crippen molar-refractivity contribution in [3.63, 3.8) is 0 Å². The topological polar surface area (TPSA) is 71.5 Å². The molecule has 1 aromatic carbocycles. The molecule has 0 aliphatic heterocycles. The molecular formula is C17H16ClFN2O3. The number of nitrogens with zero attached hydrogens (tertiary/aromatic N) is 1. The van der Waals surface area contributed by atoms with E-state index >= 15 is 0 Å². The number of carbonyl (C=O) groups excluding carboxylic acids is 1. The van der Waals surface area contributed by atoms with E-state index in [2.05, 4.69) is 10.3 Å². The van der Waals surface area contributed by atoms with Crippen LogP contribution in [0.25, 0.3) is 0 Å². The molecule has 1 fully saturated rings. The summed E-state index contributed by atoms with van der Waals surface area (Å²) < 4.78 is 18.9. The number of aromatic hydroxyl groups is 1. The number of hydrogen-bond donors (Lipinski definition) is 2. The minimum atomic E-state index is -0.741. The summed E-state index contributed by atoms with van der Waals surface area (Å²) in [6.07, 6.45) is 3.72. The van der Waals surface area contributed by atoms with Crippen LogP contribution in [0.2, 0.25) is 5.02 Å². The van der Waals surface area contributed by atoms with Crippen molar-refractivity contribution in [2.24, 2.45) is 5.92 Å². The number of hydrogen-bond acceptors (Lipinski definition) is 4. The molecule has 24 heavy (non-hydrogen) atoms. The van der Waals surface area contributed by atoms with Gasteiger partial charge in [0.25, 0.3) is 5.91 Å². The maximum Gasteiger partial charge on any atom is 0.258 e. The van der Waals surface area contributed by atoms with Crippen LogP contribution in [-0.4, -0.2) is 22.6 Å². The Bertz CT molecular complexity index is 765. The van der Waals surface area contributed by atoms with Crippen molar-refractivity contribution in [3.8, 4) is 11.6 Å². The highest BCUT2D eigenvalue weighted by Crippen LogP contribution is 2.31. The third-order valence-electron chi connectivity index (χ3n) is 3.71. The first-order valence-corrected chi connectivity index (χ1v) is 7.95. The largest absolute Gasteiger partial charge is 0.505 e. The summed E-state index contributed by atoms with van der Waals surface area (Å²) in [5.74, 6) is -0.913. The highest BCUT2D eigenvalue weighted by molar-refractivity contribution is 6.34. The van der Waals surface area contributed by atoms with E-state index in [1.165, 1.54) is 24.4 Å². The zero-order valence-corrected chi connectivity index (χ0v) is 13.5. The zero-order chi connectivity index (χ0) is 17.1. The SMILES string of the molecule is O=C(NCc1ccc(O)c(F)c1)c1c(Cl)ccnc1OCC1CC1. The van der Waals surface area contributed by atoms with Gasteiger partial charge >= 0.3 is 0 Å². The number of nitrogens with one attached hydrogen (secondary N) is 1. The van der Waals surface area contributed by atoms with Gasteiger partial charge in [-0.05, 0) is 42.5 Å². The number of ether oxygens (including phenoxy) is 1. The summed E-state index contributed by atoms with van der Waals surface area (Å²) in [6.45, 7) is 0.597. The monoisotopic (exact) mass is 350 g/mol. The van der Waals surface area contributed by atoms with Crippen molar-refractivity contribution < 1.29 is 19.0 Å². The first kappa shape index (κ1) is 16.5. The molecule has 0 spiro atoms. The number of pyridine rings is 1. The highest BCUT2D eigenvalue weighted by atomic mass is 35.5. The fourth-order valence-corrected chi connectivity index (χ4v) is 2.37. The summed E-state index contributed by atoms with van der Waals surface area (Å²) in [5.41, 5.74) is 0.679. The molecule has 1 aromatic heterocycles. The van der Waals surface area contributed by atoms with E-state index in [-0.39, 0.29) is 23.0 Å². The van der Waals surface area contributed by atoms with Gasteiger partial charge in [-0.15, -0.1) is 0 Å². The van der Waals surface area contributed by atoms with Crippen LogP contribution >= 0.6 is 11.6 Å². The second kappa shape index (κ2) is 7.05. The fourth-order valence-electron chi connectivity index (χ4n) is 2.15. The van der Waals surface area contributed by atoms with Crippen LogP contribution in [0.3, 0.4) is 0 Å². The molecule has 3 rings (SSSR count). The van der Waals surface area contributed by atoms with E-state index in [1.807, 2.05) is 0 Å². The van der Waals surface area contributed by atoms with Gasteiger partial charge in [-0.2, -0.15) is 0 Å². The van der Waals surface area contributed by atoms with E-state index in [0.29, 0.717) is 18.1 Å². The molecule has 2 N–H and O–H groups in total. The van der Waals surface area contributed by atoms with Gasteiger partial charge in [0, 0.05) is 12.7 Å². The second-order valence-electron chi connectivity index (χ2n) is 5.70. The minimum Gasteiger partial charge on any atom is -0.505 e. The van der Waals surface area contributed by atoms with E-state index in [0.717, 1.165) is 18.9 Å². The highest BCUT2D eigenvalue weighted by Gasteiger charge is 2.24. The van der Waals surface area contributed by atoms with Crippen LogP contribution < -0.4 is 10.1 Å². The molecular weight excluding hydrogens is 335 g/mol. The van der Waals surface area contributed by atoms with Gasteiger partial charge in [0.1, 0.15) is 5.56 Å². The molecule has 1 aliphatic rings. The van der Waals surface area contributed by atoms with Crippen LogP contribution in [0.15, 0.2) is 30.5 Å². The van der Waals surface area contributed by atoms with Crippen molar-refractivity contribution in [2.75, 3.05) is 6.61 Å². The molecule has 2 aromatic rings. The predicted octanol–water partition coefficient (Wildman–Crippen LogP) is 3.30. The number of aromatic nitrogens is 1. The number of phenolic OH excluding ortho intramolecular Hbond substituents is 1. The Morgan fingerprint density at radius 2 is 2.21 bits per heavy atom. The third kappa shape index (κ3) is 3.94. The van der Waals surface area contributed by atoms with Crippen molar-refractivity contribution in [3.05, 3.63) is 52.4 Å². The van der Waals surface area contributed by atoms with Gasteiger partial charge < -0.3 is 15.2 Å². The average molecular weight is 351 g/mol. The Kier molecular flexibility index (Phi) is 4.85. The van der Waals surface area contributed by atoms with Crippen LogP contribution in [0.1, 0.15) is 28.8 Å². The lowest BCUT2D eigenvalue weighted by molar-refractivity contribution is 0.0945. The summed E-state index contributed by atoms with van der Waals surface area (Å²) in [4.78, 5) is 16.5. The van der Waals surface area contributed by atoms with Crippen molar-refractivity contribution in [1.82, 2.24) is 10.3 Å². The summed E-state index contributed by atoms with van der Waals surface area (Å²) in [6, 6.07) is 5.43. The molecule has 0 radical (unpaired) electrons. The summed E-state index contributed by atoms with van der Waals surface area (Å²) in [7, 11) is 0. The maximum atomic E-state index is 13.3. The van der Waals surface area contributed by atoms with Gasteiger partial charge in [0.15, 0.2) is 11.6 Å². The van der Waals surface area contributed by atoms with E-state index in [4.69, 9.17) is 16.3 Å². The van der Waals surface area contributed by atoms with Crippen LogP contribution in [0.5, 0.6) is 11.6 Å². The van der Waals surface area contributed by atoms with E-state index in [9.17, 15) is 14.3 Å². The molecule has 0 atom stereocenters. The molecule has 1 aliphatic carbocycles. The fraction of sp³-hybridized carbons (Fsp3) is 0.294. The molecule has 5 nitrogen and oxygen atoms in total. The van der Waals surface area contributed by atoms with Crippen molar-refractivity contribution in [2.45, 2.75) is 19.4 Å². The quantitative estimate of drug-likeness (QED) is 0.838. The Labute approximate surface area is 143 Å². The molecule has 0 bridgehead atoms. The molecule has 0 unspecified atom stereocenters. The molecule has 1 amide bonds. The average Bonchev–Trinajstić information content (AvgIpc) is 3.38. The first-order valence-electron chi connectivity index (χ1n) is 7.57.